The van der Waals surface area contributed by atoms with Crippen molar-refractivity contribution in [3.63, 3.8) is 0 Å². The molecule has 0 saturated carbocycles. The number of nitrogens with zero attached hydrogens (tertiary/aromatic N) is 3. The van der Waals surface area contributed by atoms with Gasteiger partial charge in [0.05, 0.1) is 13.7 Å². The van der Waals surface area contributed by atoms with Gasteiger partial charge in [0.15, 0.2) is 5.96 Å². The second kappa shape index (κ2) is 6.28. The summed E-state index contributed by atoms with van der Waals surface area (Å²) in [5, 5.41) is 0. The fourth-order valence-electron chi connectivity index (χ4n) is 1.88. The SMILES string of the molecule is COc1ccc(CN=C(N(C)C)N(C)C)cc1C. The lowest BCUT2D eigenvalue weighted by atomic mass is 10.1. The van der Waals surface area contributed by atoms with Gasteiger partial charge < -0.3 is 14.5 Å². The van der Waals surface area contributed by atoms with E-state index in [1.807, 2.05) is 51.0 Å². The van der Waals surface area contributed by atoms with Crippen molar-refractivity contribution in [1.29, 1.82) is 0 Å². The summed E-state index contributed by atoms with van der Waals surface area (Å²) >= 11 is 0. The minimum Gasteiger partial charge on any atom is -0.496 e. The molecule has 0 aliphatic carbocycles. The molecule has 0 fully saturated rings. The van der Waals surface area contributed by atoms with E-state index in [1.165, 1.54) is 5.56 Å². The van der Waals surface area contributed by atoms with E-state index in [-0.39, 0.29) is 0 Å². The maximum absolute atomic E-state index is 5.25. The number of hydrogen-bond acceptors (Lipinski definition) is 2. The number of hydrogen-bond donors (Lipinski definition) is 0. The van der Waals surface area contributed by atoms with Gasteiger partial charge in [0.25, 0.3) is 0 Å². The van der Waals surface area contributed by atoms with Crippen LogP contribution in [-0.2, 0) is 6.54 Å². The first-order valence-corrected chi connectivity index (χ1v) is 5.98. The van der Waals surface area contributed by atoms with E-state index in [9.17, 15) is 0 Å². The molecule has 4 nitrogen and oxygen atoms in total. The predicted octanol–water partition coefficient (Wildman–Crippen LogP) is 1.98. The second-order valence-corrected chi connectivity index (χ2v) is 4.71. The van der Waals surface area contributed by atoms with E-state index in [0.29, 0.717) is 6.54 Å². The fourth-order valence-corrected chi connectivity index (χ4v) is 1.88. The number of rotatable bonds is 3. The maximum Gasteiger partial charge on any atom is 0.195 e. The molecule has 0 saturated heterocycles. The van der Waals surface area contributed by atoms with Crippen molar-refractivity contribution in [3.8, 4) is 5.75 Å². The summed E-state index contributed by atoms with van der Waals surface area (Å²) in [7, 11) is 9.68. The number of ether oxygens (including phenoxy) is 1. The van der Waals surface area contributed by atoms with Crippen LogP contribution in [0.15, 0.2) is 23.2 Å². The topological polar surface area (TPSA) is 28.1 Å². The van der Waals surface area contributed by atoms with E-state index < -0.39 is 0 Å². The van der Waals surface area contributed by atoms with E-state index in [2.05, 4.69) is 17.1 Å². The molecule has 1 aromatic carbocycles. The molecule has 0 aromatic heterocycles. The lowest BCUT2D eigenvalue weighted by Gasteiger charge is -2.22. The first-order valence-electron chi connectivity index (χ1n) is 5.98. The number of aryl methyl sites for hydroxylation is 1. The van der Waals surface area contributed by atoms with E-state index in [1.54, 1.807) is 7.11 Å². The summed E-state index contributed by atoms with van der Waals surface area (Å²) in [6, 6.07) is 6.16. The molecule has 0 radical (unpaired) electrons. The monoisotopic (exact) mass is 249 g/mol. The zero-order chi connectivity index (χ0) is 13.7. The van der Waals surface area contributed by atoms with Crippen molar-refractivity contribution in [1.82, 2.24) is 9.80 Å². The van der Waals surface area contributed by atoms with Gasteiger partial charge in [-0.2, -0.15) is 0 Å². The van der Waals surface area contributed by atoms with Crippen LogP contribution in [0.2, 0.25) is 0 Å². The van der Waals surface area contributed by atoms with E-state index in [0.717, 1.165) is 17.3 Å². The van der Waals surface area contributed by atoms with Gasteiger partial charge in [-0.15, -0.1) is 0 Å². The Morgan fingerprint density at radius 2 is 1.78 bits per heavy atom. The molecule has 100 valence electrons. The van der Waals surface area contributed by atoms with Crippen LogP contribution < -0.4 is 4.74 Å². The van der Waals surface area contributed by atoms with Crippen LogP contribution in [0.25, 0.3) is 0 Å². The molecule has 1 rings (SSSR count). The Balaban J connectivity index is 2.85. The van der Waals surface area contributed by atoms with Crippen LogP contribution in [0.1, 0.15) is 11.1 Å². The number of guanidine groups is 1. The quantitative estimate of drug-likeness (QED) is 0.606. The minimum atomic E-state index is 0.677. The summed E-state index contributed by atoms with van der Waals surface area (Å²) in [5.74, 6) is 1.88. The van der Waals surface area contributed by atoms with Crippen molar-refractivity contribution in [2.45, 2.75) is 13.5 Å². The maximum atomic E-state index is 5.25. The third-order valence-electron chi connectivity index (χ3n) is 2.66. The molecule has 0 unspecified atom stereocenters. The number of benzene rings is 1. The van der Waals surface area contributed by atoms with Gasteiger partial charge in [-0.1, -0.05) is 12.1 Å². The van der Waals surface area contributed by atoms with E-state index in [4.69, 9.17) is 4.74 Å². The lowest BCUT2D eigenvalue weighted by molar-refractivity contribution is 0.411. The Morgan fingerprint density at radius 1 is 1.17 bits per heavy atom. The zero-order valence-electron chi connectivity index (χ0n) is 12.2. The van der Waals surface area contributed by atoms with Gasteiger partial charge in [-0.25, -0.2) is 4.99 Å². The van der Waals surface area contributed by atoms with Crippen molar-refractivity contribution in [3.05, 3.63) is 29.3 Å². The first kappa shape index (κ1) is 14.4. The van der Waals surface area contributed by atoms with Gasteiger partial charge in [0.2, 0.25) is 0 Å². The summed E-state index contributed by atoms with van der Waals surface area (Å²) in [4.78, 5) is 8.64. The highest BCUT2D eigenvalue weighted by Gasteiger charge is 2.04. The Labute approximate surface area is 110 Å². The van der Waals surface area contributed by atoms with E-state index >= 15 is 0 Å². The van der Waals surface area contributed by atoms with Crippen molar-refractivity contribution in [2.75, 3.05) is 35.3 Å². The highest BCUT2D eigenvalue weighted by molar-refractivity contribution is 5.79. The third kappa shape index (κ3) is 3.65. The fraction of sp³-hybridized carbons (Fsp3) is 0.500. The Hall–Kier alpha value is -1.71. The standard InChI is InChI=1S/C14H23N3O/c1-11-9-12(7-8-13(11)18-6)10-15-14(16(2)3)17(4)5/h7-9H,10H2,1-6H3. The highest BCUT2D eigenvalue weighted by atomic mass is 16.5. The van der Waals surface area contributed by atoms with Gasteiger partial charge in [-0.05, 0) is 24.1 Å². The predicted molar refractivity (Wildman–Crippen MR) is 76.2 cm³/mol. The molecule has 0 bridgehead atoms. The summed E-state index contributed by atoms with van der Waals surface area (Å²) < 4.78 is 5.25. The van der Waals surface area contributed by atoms with Gasteiger partial charge >= 0.3 is 0 Å². The molecule has 1 aromatic rings. The molecule has 0 spiro atoms. The largest absolute Gasteiger partial charge is 0.496 e. The van der Waals surface area contributed by atoms with Gasteiger partial charge in [-0.3, -0.25) is 0 Å². The molecule has 0 atom stereocenters. The van der Waals surface area contributed by atoms with Crippen LogP contribution in [0.4, 0.5) is 0 Å². The average molecular weight is 249 g/mol. The Bertz CT molecular complexity index is 415. The first-order chi connectivity index (χ1) is 8.45. The molecular formula is C14H23N3O. The van der Waals surface area contributed by atoms with Gasteiger partial charge in [0.1, 0.15) is 5.75 Å². The Kier molecular flexibility index (Phi) is 5.01. The molecule has 0 aliphatic heterocycles. The number of aliphatic imine (C=N–C) groups is 1. The normalized spacial score (nSPS) is 9.89. The summed E-state index contributed by atoms with van der Waals surface area (Å²) in [6.07, 6.45) is 0. The minimum absolute atomic E-state index is 0.677. The molecule has 18 heavy (non-hydrogen) atoms. The molecule has 0 amide bonds. The number of methoxy groups -OCH3 is 1. The lowest BCUT2D eigenvalue weighted by Crippen LogP contribution is -2.35. The molecule has 0 heterocycles. The summed E-state index contributed by atoms with van der Waals surface area (Å²) in [6.45, 7) is 2.72. The smallest absolute Gasteiger partial charge is 0.195 e. The average Bonchev–Trinajstić information content (AvgIpc) is 2.28. The van der Waals surface area contributed by atoms with Crippen molar-refractivity contribution < 1.29 is 4.74 Å². The molecular weight excluding hydrogens is 226 g/mol. The third-order valence-corrected chi connectivity index (χ3v) is 2.66. The van der Waals surface area contributed by atoms with Crippen LogP contribution in [0, 0.1) is 6.92 Å². The Morgan fingerprint density at radius 3 is 2.22 bits per heavy atom. The van der Waals surface area contributed by atoms with Crippen molar-refractivity contribution in [2.24, 2.45) is 4.99 Å². The zero-order valence-corrected chi connectivity index (χ0v) is 12.2. The van der Waals surface area contributed by atoms with Crippen LogP contribution >= 0.6 is 0 Å². The highest BCUT2D eigenvalue weighted by Crippen LogP contribution is 2.18. The second-order valence-electron chi connectivity index (χ2n) is 4.71. The summed E-state index contributed by atoms with van der Waals surface area (Å²) in [5.41, 5.74) is 2.33. The van der Waals surface area contributed by atoms with Crippen LogP contribution in [0.5, 0.6) is 5.75 Å². The molecule has 4 heteroatoms. The molecule has 0 N–H and O–H groups in total. The van der Waals surface area contributed by atoms with Crippen molar-refractivity contribution >= 4 is 5.96 Å². The van der Waals surface area contributed by atoms with Crippen LogP contribution in [0.3, 0.4) is 0 Å². The molecule has 0 aliphatic rings. The van der Waals surface area contributed by atoms with Gasteiger partial charge in [0, 0.05) is 28.2 Å². The van der Waals surface area contributed by atoms with Crippen LogP contribution in [-0.4, -0.2) is 51.1 Å².